The average molecular weight is 209 g/mol. The number of rotatable bonds is 0. The summed E-state index contributed by atoms with van der Waals surface area (Å²) in [6.45, 7) is 0. The van der Waals surface area contributed by atoms with Crippen molar-refractivity contribution in [2.75, 3.05) is 5.73 Å². The molecule has 0 bridgehead atoms. The highest BCUT2D eigenvalue weighted by Gasteiger charge is 2.24. The van der Waals surface area contributed by atoms with E-state index >= 15 is 0 Å². The maximum absolute atomic E-state index is 5.79. The molecule has 3 nitrogen and oxygen atoms in total. The van der Waals surface area contributed by atoms with E-state index < -0.39 is 0 Å². The van der Waals surface area contributed by atoms with Crippen LogP contribution in [0.3, 0.4) is 0 Å². The number of hydrogen-bond donors (Lipinski definition) is 2. The first-order chi connectivity index (χ1) is 7.81. The standard InChI is InChI=1S/C13H11N3/c14-8-5-6-10-9-3-1-2-4-11(9)13(16-15)12(10)7-8/h1-7H,14-15H2/b16-13+. The van der Waals surface area contributed by atoms with Crippen LogP contribution in [-0.2, 0) is 0 Å². The van der Waals surface area contributed by atoms with Crippen molar-refractivity contribution < 1.29 is 0 Å². The molecular formula is C13H11N3. The van der Waals surface area contributed by atoms with Crippen molar-refractivity contribution >= 4 is 11.4 Å². The van der Waals surface area contributed by atoms with Gasteiger partial charge < -0.3 is 11.6 Å². The van der Waals surface area contributed by atoms with Crippen LogP contribution in [0, 0.1) is 0 Å². The van der Waals surface area contributed by atoms with Crippen molar-refractivity contribution in [1.82, 2.24) is 0 Å². The summed E-state index contributed by atoms with van der Waals surface area (Å²) in [5.74, 6) is 5.46. The number of hydrogen-bond acceptors (Lipinski definition) is 3. The molecule has 2 aromatic carbocycles. The molecule has 78 valence electrons. The first kappa shape index (κ1) is 8.97. The third-order valence-electron chi connectivity index (χ3n) is 2.90. The molecule has 0 heterocycles. The predicted molar refractivity (Wildman–Crippen MR) is 66.1 cm³/mol. The number of nitrogens with two attached hydrogens (primary N) is 2. The molecule has 3 heteroatoms. The summed E-state index contributed by atoms with van der Waals surface area (Å²) in [6.07, 6.45) is 0. The second kappa shape index (κ2) is 3.10. The highest BCUT2D eigenvalue weighted by atomic mass is 15.1. The number of hydrazone groups is 1. The molecule has 4 N–H and O–H groups in total. The molecule has 16 heavy (non-hydrogen) atoms. The molecule has 0 unspecified atom stereocenters. The maximum atomic E-state index is 5.79. The lowest BCUT2D eigenvalue weighted by Crippen LogP contribution is -2.02. The second-order valence-corrected chi connectivity index (χ2v) is 3.83. The third-order valence-corrected chi connectivity index (χ3v) is 2.90. The van der Waals surface area contributed by atoms with Crippen LogP contribution in [0.1, 0.15) is 11.1 Å². The Morgan fingerprint density at radius 3 is 2.25 bits per heavy atom. The van der Waals surface area contributed by atoms with E-state index in [0.29, 0.717) is 0 Å². The van der Waals surface area contributed by atoms with Gasteiger partial charge in [-0.15, -0.1) is 0 Å². The Morgan fingerprint density at radius 2 is 1.50 bits per heavy atom. The van der Waals surface area contributed by atoms with Gasteiger partial charge in [-0.3, -0.25) is 0 Å². The summed E-state index contributed by atoms with van der Waals surface area (Å²) in [5.41, 5.74) is 11.7. The fourth-order valence-corrected chi connectivity index (χ4v) is 2.20. The van der Waals surface area contributed by atoms with Crippen molar-refractivity contribution in [3.8, 4) is 11.1 Å². The fourth-order valence-electron chi connectivity index (χ4n) is 2.20. The Kier molecular flexibility index (Phi) is 1.74. The number of benzene rings is 2. The Morgan fingerprint density at radius 1 is 0.812 bits per heavy atom. The monoisotopic (exact) mass is 209 g/mol. The normalized spacial score (nSPS) is 14.9. The van der Waals surface area contributed by atoms with Gasteiger partial charge in [0.1, 0.15) is 0 Å². The lowest BCUT2D eigenvalue weighted by atomic mass is 10.1. The highest BCUT2D eigenvalue weighted by Crippen LogP contribution is 2.37. The van der Waals surface area contributed by atoms with Gasteiger partial charge in [-0.05, 0) is 23.3 Å². The van der Waals surface area contributed by atoms with E-state index in [2.05, 4.69) is 11.2 Å². The number of nitrogen functional groups attached to an aromatic ring is 1. The molecule has 0 aliphatic heterocycles. The van der Waals surface area contributed by atoms with Crippen LogP contribution in [0.4, 0.5) is 5.69 Å². The van der Waals surface area contributed by atoms with E-state index in [9.17, 15) is 0 Å². The van der Waals surface area contributed by atoms with Crippen molar-refractivity contribution in [3.63, 3.8) is 0 Å². The van der Waals surface area contributed by atoms with Gasteiger partial charge in [0.25, 0.3) is 0 Å². The summed E-state index contributed by atoms with van der Waals surface area (Å²) in [4.78, 5) is 0. The zero-order chi connectivity index (χ0) is 11.1. The van der Waals surface area contributed by atoms with Crippen LogP contribution >= 0.6 is 0 Å². The van der Waals surface area contributed by atoms with Crippen LogP contribution in [0.2, 0.25) is 0 Å². The SMILES string of the molecule is N/N=C1\c2ccccc2-c2ccc(N)cc21. The van der Waals surface area contributed by atoms with Crippen molar-refractivity contribution in [1.29, 1.82) is 0 Å². The molecule has 0 saturated carbocycles. The Labute approximate surface area is 93.4 Å². The zero-order valence-corrected chi connectivity index (χ0v) is 8.64. The molecule has 0 spiro atoms. The minimum Gasteiger partial charge on any atom is -0.399 e. The first-order valence-electron chi connectivity index (χ1n) is 5.09. The van der Waals surface area contributed by atoms with Gasteiger partial charge in [0.2, 0.25) is 0 Å². The Bertz CT molecular complexity index is 600. The maximum Gasteiger partial charge on any atom is 0.0984 e. The van der Waals surface area contributed by atoms with Crippen LogP contribution in [0.25, 0.3) is 11.1 Å². The lowest BCUT2D eigenvalue weighted by Gasteiger charge is -2.00. The molecule has 0 atom stereocenters. The molecule has 3 rings (SSSR count). The quantitative estimate of drug-likeness (QED) is 0.337. The van der Waals surface area contributed by atoms with Crippen molar-refractivity contribution in [3.05, 3.63) is 53.6 Å². The van der Waals surface area contributed by atoms with Gasteiger partial charge in [0, 0.05) is 16.8 Å². The summed E-state index contributed by atoms with van der Waals surface area (Å²) in [7, 11) is 0. The van der Waals surface area contributed by atoms with Crippen molar-refractivity contribution in [2.45, 2.75) is 0 Å². The molecule has 0 aromatic heterocycles. The number of anilines is 1. The van der Waals surface area contributed by atoms with Crippen LogP contribution in [0.5, 0.6) is 0 Å². The molecule has 0 radical (unpaired) electrons. The van der Waals surface area contributed by atoms with E-state index in [1.807, 2.05) is 36.4 Å². The molecule has 0 saturated heterocycles. The third kappa shape index (κ3) is 1.05. The summed E-state index contributed by atoms with van der Waals surface area (Å²) >= 11 is 0. The van der Waals surface area contributed by atoms with E-state index in [0.717, 1.165) is 28.1 Å². The molecule has 2 aromatic rings. The fraction of sp³-hybridized carbons (Fsp3) is 0. The lowest BCUT2D eigenvalue weighted by molar-refractivity contribution is 1.25. The molecule has 1 aliphatic carbocycles. The van der Waals surface area contributed by atoms with Crippen LogP contribution in [0.15, 0.2) is 47.6 Å². The molecular weight excluding hydrogens is 198 g/mol. The Hall–Kier alpha value is -2.29. The minimum absolute atomic E-state index is 0.729. The minimum atomic E-state index is 0.729. The van der Waals surface area contributed by atoms with Gasteiger partial charge in [-0.1, -0.05) is 30.3 Å². The zero-order valence-electron chi connectivity index (χ0n) is 8.64. The van der Waals surface area contributed by atoms with Crippen LogP contribution in [-0.4, -0.2) is 5.71 Å². The van der Waals surface area contributed by atoms with Crippen molar-refractivity contribution in [2.24, 2.45) is 10.9 Å². The van der Waals surface area contributed by atoms with Gasteiger partial charge in [-0.2, -0.15) is 5.10 Å². The second-order valence-electron chi connectivity index (χ2n) is 3.83. The van der Waals surface area contributed by atoms with Gasteiger partial charge in [-0.25, -0.2) is 0 Å². The molecule has 0 amide bonds. The first-order valence-corrected chi connectivity index (χ1v) is 5.09. The summed E-state index contributed by atoms with van der Waals surface area (Å²) in [6, 6.07) is 13.9. The summed E-state index contributed by atoms with van der Waals surface area (Å²) in [5, 5.41) is 3.87. The van der Waals surface area contributed by atoms with E-state index in [-0.39, 0.29) is 0 Å². The van der Waals surface area contributed by atoms with E-state index in [1.165, 1.54) is 5.56 Å². The smallest absolute Gasteiger partial charge is 0.0984 e. The number of nitrogens with zero attached hydrogens (tertiary/aromatic N) is 1. The van der Waals surface area contributed by atoms with Gasteiger partial charge in [0.05, 0.1) is 5.71 Å². The van der Waals surface area contributed by atoms with Crippen LogP contribution < -0.4 is 11.6 Å². The molecule has 0 fully saturated rings. The highest BCUT2D eigenvalue weighted by molar-refractivity contribution is 6.24. The van der Waals surface area contributed by atoms with Gasteiger partial charge in [0.15, 0.2) is 0 Å². The van der Waals surface area contributed by atoms with E-state index in [4.69, 9.17) is 11.6 Å². The summed E-state index contributed by atoms with van der Waals surface area (Å²) < 4.78 is 0. The number of fused-ring (bicyclic) bond motifs is 3. The Balaban J connectivity index is 2.39. The predicted octanol–water partition coefficient (Wildman–Crippen LogP) is 1.96. The average Bonchev–Trinajstić information content (AvgIpc) is 2.61. The molecule has 1 aliphatic rings. The largest absolute Gasteiger partial charge is 0.399 e. The topological polar surface area (TPSA) is 64.4 Å². The van der Waals surface area contributed by atoms with E-state index in [1.54, 1.807) is 0 Å². The van der Waals surface area contributed by atoms with Gasteiger partial charge >= 0.3 is 0 Å².